The molecule has 0 heterocycles. The van der Waals surface area contributed by atoms with Crippen LogP contribution < -0.4 is 16.0 Å². The molecular weight excluding hydrogens is 640 g/mol. The van der Waals surface area contributed by atoms with Crippen LogP contribution in [0.2, 0.25) is 0 Å². The van der Waals surface area contributed by atoms with Crippen molar-refractivity contribution < 1.29 is 23.9 Å². The van der Waals surface area contributed by atoms with Gasteiger partial charge in [-0.15, -0.1) is 0 Å². The average molecular weight is 707 g/mol. The molecule has 3 N–H and O–H groups in total. The van der Waals surface area contributed by atoms with Crippen molar-refractivity contribution in [3.05, 3.63) is 71.8 Å². The normalized spacial score (nSPS) is 12.4. The van der Waals surface area contributed by atoms with E-state index in [0.29, 0.717) is 58.3 Å². The van der Waals surface area contributed by atoms with Crippen LogP contribution in [-0.4, -0.2) is 66.5 Å². The summed E-state index contributed by atoms with van der Waals surface area (Å²) in [6, 6.07) is 18.7. The van der Waals surface area contributed by atoms with Crippen LogP contribution in [0.5, 0.6) is 0 Å². The Morgan fingerprint density at radius 3 is 1.69 bits per heavy atom. The molecule has 0 aliphatic rings. The fourth-order valence-corrected chi connectivity index (χ4v) is 5.94. The molecule has 0 fully saturated rings. The molecule has 2 aromatic carbocycles. The quantitative estimate of drug-likeness (QED) is 0.0913. The molecule has 0 aliphatic heterocycles. The zero-order valence-electron chi connectivity index (χ0n) is 32.1. The first-order valence-electron chi connectivity index (χ1n) is 19.4. The number of unbranched alkanes of at least 4 members (excludes halogenated alkanes) is 8. The van der Waals surface area contributed by atoms with Gasteiger partial charge in [-0.3, -0.25) is 14.4 Å². The highest BCUT2D eigenvalue weighted by atomic mass is 16.6. The number of carbonyl (C=O) groups is 4. The van der Waals surface area contributed by atoms with Crippen LogP contribution in [0.1, 0.15) is 123 Å². The van der Waals surface area contributed by atoms with Crippen molar-refractivity contribution in [3.8, 4) is 0 Å². The minimum absolute atomic E-state index is 0.0131. The second-order valence-electron chi connectivity index (χ2n) is 14.7. The summed E-state index contributed by atoms with van der Waals surface area (Å²) in [7, 11) is 0. The fraction of sp³-hybridized carbons (Fsp3) is 0.619. The molecule has 0 radical (unpaired) electrons. The van der Waals surface area contributed by atoms with Crippen LogP contribution in [0.15, 0.2) is 60.7 Å². The van der Waals surface area contributed by atoms with Crippen molar-refractivity contribution in [2.75, 3.05) is 26.2 Å². The van der Waals surface area contributed by atoms with E-state index in [4.69, 9.17) is 4.74 Å². The van der Waals surface area contributed by atoms with Gasteiger partial charge in [0.05, 0.1) is 0 Å². The first-order chi connectivity index (χ1) is 24.5. The molecule has 51 heavy (non-hydrogen) atoms. The first kappa shape index (κ1) is 43.3. The summed E-state index contributed by atoms with van der Waals surface area (Å²) in [5.74, 6) is -0.318. The molecule has 0 saturated heterocycles. The molecule has 284 valence electrons. The molecule has 9 nitrogen and oxygen atoms in total. The number of ether oxygens (including phenoxy) is 1. The van der Waals surface area contributed by atoms with E-state index in [1.54, 1.807) is 20.8 Å². The number of carbonyl (C=O) groups excluding carboxylic acids is 4. The predicted octanol–water partition coefficient (Wildman–Crippen LogP) is 7.76. The molecule has 0 aromatic heterocycles. The van der Waals surface area contributed by atoms with Gasteiger partial charge < -0.3 is 25.6 Å². The number of nitrogens with zero attached hydrogens (tertiary/aromatic N) is 1. The molecule has 0 bridgehead atoms. The second kappa shape index (κ2) is 25.1. The SMILES string of the molecule is CCCCCCCCCCCC(=O)N(CCCNC(=O)[C@H](C)Cc1ccccc1)CCCNC(=O)[C@@H](Cc1ccccc1)NC(=O)OC(C)(C)C. The topological polar surface area (TPSA) is 117 Å². The Morgan fingerprint density at radius 1 is 0.667 bits per heavy atom. The van der Waals surface area contributed by atoms with Crippen LogP contribution in [0.25, 0.3) is 0 Å². The van der Waals surface area contributed by atoms with E-state index in [1.165, 1.54) is 38.5 Å². The van der Waals surface area contributed by atoms with Crippen molar-refractivity contribution in [1.82, 2.24) is 20.9 Å². The zero-order valence-corrected chi connectivity index (χ0v) is 32.1. The largest absolute Gasteiger partial charge is 0.444 e. The highest BCUT2D eigenvalue weighted by Crippen LogP contribution is 2.13. The maximum absolute atomic E-state index is 13.4. The minimum Gasteiger partial charge on any atom is -0.444 e. The number of hydrogen-bond acceptors (Lipinski definition) is 5. The van der Waals surface area contributed by atoms with Crippen molar-refractivity contribution in [2.24, 2.45) is 5.92 Å². The third-order valence-corrected chi connectivity index (χ3v) is 8.78. The Hall–Kier alpha value is -3.88. The third-order valence-electron chi connectivity index (χ3n) is 8.78. The van der Waals surface area contributed by atoms with Gasteiger partial charge in [-0.05, 0) is 57.6 Å². The molecule has 2 aromatic rings. The molecule has 0 aliphatic carbocycles. The summed E-state index contributed by atoms with van der Waals surface area (Å²) in [4.78, 5) is 53.8. The molecule has 0 spiro atoms. The molecule has 4 amide bonds. The summed E-state index contributed by atoms with van der Waals surface area (Å²) in [6.45, 7) is 11.4. The molecular formula is C42H66N4O5. The van der Waals surface area contributed by atoms with Crippen molar-refractivity contribution >= 4 is 23.8 Å². The number of benzene rings is 2. The van der Waals surface area contributed by atoms with Gasteiger partial charge in [-0.1, -0.05) is 126 Å². The molecule has 2 atom stereocenters. The van der Waals surface area contributed by atoms with E-state index in [9.17, 15) is 19.2 Å². The predicted molar refractivity (Wildman–Crippen MR) is 206 cm³/mol. The van der Waals surface area contributed by atoms with E-state index in [1.807, 2.05) is 72.5 Å². The number of amides is 4. The fourth-order valence-electron chi connectivity index (χ4n) is 5.94. The highest BCUT2D eigenvalue weighted by molar-refractivity contribution is 5.86. The Kier molecular flexibility index (Phi) is 21.3. The smallest absolute Gasteiger partial charge is 0.408 e. The van der Waals surface area contributed by atoms with Crippen LogP contribution >= 0.6 is 0 Å². The van der Waals surface area contributed by atoms with Crippen LogP contribution in [0, 0.1) is 5.92 Å². The van der Waals surface area contributed by atoms with Gasteiger partial charge >= 0.3 is 6.09 Å². The number of rotatable bonds is 25. The third kappa shape index (κ3) is 20.5. The van der Waals surface area contributed by atoms with Crippen molar-refractivity contribution in [3.63, 3.8) is 0 Å². The monoisotopic (exact) mass is 707 g/mol. The standard InChI is InChI=1S/C42H66N4O5/c1-6-7-8-9-10-11-12-13-20-27-38(47)46(30-21-28-43-39(48)34(2)32-35-23-16-14-17-24-35)31-22-29-44-40(49)37(33-36-25-18-15-19-26-36)45-41(50)51-42(3,4)5/h14-19,23-26,34,37H,6-13,20-22,27-33H2,1-5H3,(H,43,48)(H,44,49)(H,45,50)/t34-,37-/m1/s1. The molecule has 0 unspecified atom stereocenters. The molecule has 2 rings (SSSR count). The maximum atomic E-state index is 13.4. The summed E-state index contributed by atoms with van der Waals surface area (Å²) in [6.07, 6.45) is 12.8. The number of nitrogens with one attached hydrogen (secondary N) is 3. The van der Waals surface area contributed by atoms with E-state index < -0.39 is 17.7 Å². The lowest BCUT2D eigenvalue weighted by Crippen LogP contribution is -2.49. The minimum atomic E-state index is -0.806. The Labute approximate surface area is 308 Å². The van der Waals surface area contributed by atoms with Crippen LogP contribution in [0.4, 0.5) is 4.79 Å². The van der Waals surface area contributed by atoms with E-state index in [0.717, 1.165) is 30.4 Å². The van der Waals surface area contributed by atoms with Crippen molar-refractivity contribution in [1.29, 1.82) is 0 Å². The first-order valence-corrected chi connectivity index (χ1v) is 19.4. The lowest BCUT2D eigenvalue weighted by molar-refractivity contribution is -0.131. The summed E-state index contributed by atoms with van der Waals surface area (Å²) < 4.78 is 5.41. The number of alkyl carbamates (subject to hydrolysis) is 1. The Balaban J connectivity index is 1.89. The Morgan fingerprint density at radius 2 is 1.16 bits per heavy atom. The van der Waals surface area contributed by atoms with Gasteiger partial charge in [-0.25, -0.2) is 4.79 Å². The second-order valence-corrected chi connectivity index (χ2v) is 14.7. The maximum Gasteiger partial charge on any atom is 0.408 e. The zero-order chi connectivity index (χ0) is 37.3. The van der Waals surface area contributed by atoms with Crippen LogP contribution in [0.3, 0.4) is 0 Å². The van der Waals surface area contributed by atoms with Gasteiger partial charge in [0.1, 0.15) is 11.6 Å². The molecule has 9 heteroatoms. The van der Waals surface area contributed by atoms with Gasteiger partial charge in [0.2, 0.25) is 17.7 Å². The Bertz CT molecular complexity index is 1270. The summed E-state index contributed by atoms with van der Waals surface area (Å²) in [5, 5.41) is 8.74. The van der Waals surface area contributed by atoms with Crippen molar-refractivity contribution in [2.45, 2.75) is 136 Å². The van der Waals surface area contributed by atoms with Gasteiger partial charge in [0, 0.05) is 44.9 Å². The molecule has 0 saturated carbocycles. The van der Waals surface area contributed by atoms with Crippen LogP contribution in [-0.2, 0) is 32.0 Å². The number of hydrogen-bond donors (Lipinski definition) is 3. The van der Waals surface area contributed by atoms with Gasteiger partial charge in [-0.2, -0.15) is 0 Å². The van der Waals surface area contributed by atoms with E-state index in [-0.39, 0.29) is 23.6 Å². The van der Waals surface area contributed by atoms with Gasteiger partial charge in [0.25, 0.3) is 0 Å². The lowest BCUT2D eigenvalue weighted by atomic mass is 10.0. The highest BCUT2D eigenvalue weighted by Gasteiger charge is 2.25. The lowest BCUT2D eigenvalue weighted by Gasteiger charge is -2.25. The van der Waals surface area contributed by atoms with Gasteiger partial charge in [0.15, 0.2) is 0 Å². The summed E-state index contributed by atoms with van der Waals surface area (Å²) in [5.41, 5.74) is 1.36. The summed E-state index contributed by atoms with van der Waals surface area (Å²) >= 11 is 0. The van der Waals surface area contributed by atoms with E-state index >= 15 is 0 Å². The average Bonchev–Trinajstić information content (AvgIpc) is 3.09. The van der Waals surface area contributed by atoms with E-state index in [2.05, 4.69) is 22.9 Å².